The number of hydrogen-bond acceptors (Lipinski definition) is 9. The van der Waals surface area contributed by atoms with Crippen LogP contribution in [0.5, 0.6) is 11.6 Å². The van der Waals surface area contributed by atoms with E-state index in [-0.39, 0.29) is 31.3 Å². The second kappa shape index (κ2) is 13.7. The van der Waals surface area contributed by atoms with E-state index in [1.807, 2.05) is 6.07 Å². The first-order valence-corrected chi connectivity index (χ1v) is 14.8. The lowest BCUT2D eigenvalue weighted by Crippen LogP contribution is -2.33. The maximum absolute atomic E-state index is 15.6. The molecule has 1 aromatic heterocycles. The van der Waals surface area contributed by atoms with Crippen LogP contribution in [0.1, 0.15) is 39.0 Å². The number of amides is 1. The molecule has 0 saturated carbocycles. The standard InChI is InChI=1S/C35H31FN4O6/c1-43-35(42)23-7-8-30(31(15-23)38-19-26-10-12-44-26)39-33(41)16-25-14-28(36)27-17-32(25)45-11-9-22-13-21(18-37)5-6-24(22)20-46-34-4-2-3-29(27)40-34/h2-8,13-15,17,26,38H,9-12,16,19-20H2,1H3,(H,39,41)/t26-/m0/s1. The molecule has 234 valence electrons. The quantitative estimate of drug-likeness (QED) is 0.259. The number of anilines is 2. The number of halogens is 1. The normalized spacial score (nSPS) is 15.1. The zero-order valence-electron chi connectivity index (χ0n) is 25.1. The number of fused-ring (bicyclic) bond motifs is 6. The van der Waals surface area contributed by atoms with Gasteiger partial charge in [-0.25, -0.2) is 14.2 Å². The zero-order chi connectivity index (χ0) is 32.0. The Labute approximate surface area is 265 Å². The van der Waals surface area contributed by atoms with Crippen molar-refractivity contribution in [1.29, 1.82) is 5.26 Å². The molecular weight excluding hydrogens is 591 g/mol. The summed E-state index contributed by atoms with van der Waals surface area (Å²) in [5, 5.41) is 15.6. The highest BCUT2D eigenvalue weighted by Crippen LogP contribution is 2.32. The van der Waals surface area contributed by atoms with E-state index < -0.39 is 17.7 Å². The Morgan fingerprint density at radius 1 is 1.04 bits per heavy atom. The molecule has 11 heteroatoms. The number of carbonyl (C=O) groups excluding carboxylic acids is 2. The summed E-state index contributed by atoms with van der Waals surface area (Å²) >= 11 is 0. The largest absolute Gasteiger partial charge is 0.493 e. The van der Waals surface area contributed by atoms with Crippen molar-refractivity contribution in [2.45, 2.75) is 32.0 Å². The summed E-state index contributed by atoms with van der Waals surface area (Å²) in [7, 11) is 1.30. The van der Waals surface area contributed by atoms with Crippen LogP contribution in [0.25, 0.3) is 11.3 Å². The number of hydrogen-bond donors (Lipinski definition) is 2. The fourth-order valence-corrected chi connectivity index (χ4v) is 5.28. The molecule has 10 nitrogen and oxygen atoms in total. The van der Waals surface area contributed by atoms with Crippen molar-refractivity contribution in [1.82, 2.24) is 4.98 Å². The number of ether oxygens (including phenoxy) is 4. The average Bonchev–Trinajstić information content (AvgIpc) is 3.05. The number of nitrogens with zero attached hydrogens (tertiary/aromatic N) is 2. The molecule has 0 aliphatic carbocycles. The van der Waals surface area contributed by atoms with E-state index >= 15 is 4.39 Å². The molecule has 2 aliphatic heterocycles. The lowest BCUT2D eigenvalue weighted by atomic mass is 10.0. The third-order valence-corrected chi connectivity index (χ3v) is 7.87. The van der Waals surface area contributed by atoms with Crippen molar-refractivity contribution in [3.05, 3.63) is 100 Å². The number of rotatable bonds is 7. The number of nitriles is 1. The van der Waals surface area contributed by atoms with Crippen molar-refractivity contribution in [2.24, 2.45) is 0 Å². The van der Waals surface area contributed by atoms with Crippen LogP contribution in [0.4, 0.5) is 15.8 Å². The SMILES string of the molecule is COC(=O)c1ccc(NC(=O)Cc2cc(F)c3cc2OCCc2cc(C#N)ccc2COc2cccc-3n2)c(NC[C@@H]2CCO2)c1. The van der Waals surface area contributed by atoms with Crippen molar-refractivity contribution < 1.29 is 32.9 Å². The van der Waals surface area contributed by atoms with Crippen molar-refractivity contribution in [3.63, 3.8) is 0 Å². The molecule has 1 saturated heterocycles. The zero-order valence-corrected chi connectivity index (χ0v) is 25.1. The van der Waals surface area contributed by atoms with Crippen molar-refractivity contribution in [3.8, 4) is 29.0 Å². The number of aromatic nitrogens is 1. The van der Waals surface area contributed by atoms with Crippen LogP contribution in [0.3, 0.4) is 0 Å². The molecular formula is C35H31FN4O6. The van der Waals surface area contributed by atoms with E-state index in [4.69, 9.17) is 18.9 Å². The van der Waals surface area contributed by atoms with Crippen LogP contribution < -0.4 is 20.1 Å². The highest BCUT2D eigenvalue weighted by Gasteiger charge is 2.21. The molecule has 1 fully saturated rings. The molecule has 6 rings (SSSR count). The molecule has 1 amide bonds. The van der Waals surface area contributed by atoms with Gasteiger partial charge in [0, 0.05) is 36.8 Å². The number of carbonyl (C=O) groups is 2. The van der Waals surface area contributed by atoms with Crippen LogP contribution in [-0.4, -0.2) is 49.8 Å². The molecule has 0 unspecified atom stereocenters. The summed E-state index contributed by atoms with van der Waals surface area (Å²) in [5.74, 6) is -0.836. The Bertz CT molecular complexity index is 1830. The average molecular weight is 623 g/mol. The van der Waals surface area contributed by atoms with Crippen molar-refractivity contribution in [2.75, 3.05) is 37.5 Å². The van der Waals surface area contributed by atoms with E-state index in [1.54, 1.807) is 54.6 Å². The molecule has 4 aromatic rings. The Morgan fingerprint density at radius 3 is 2.70 bits per heavy atom. The molecule has 0 spiro atoms. The predicted molar refractivity (Wildman–Crippen MR) is 167 cm³/mol. The van der Waals surface area contributed by atoms with E-state index in [2.05, 4.69) is 21.7 Å². The monoisotopic (exact) mass is 622 g/mol. The van der Waals surface area contributed by atoms with Gasteiger partial charge in [0.2, 0.25) is 11.8 Å². The highest BCUT2D eigenvalue weighted by molar-refractivity contribution is 5.98. The van der Waals surface area contributed by atoms with Gasteiger partial charge in [0.1, 0.15) is 18.2 Å². The molecule has 2 aliphatic rings. The van der Waals surface area contributed by atoms with Crippen molar-refractivity contribution >= 4 is 23.3 Å². The van der Waals surface area contributed by atoms with Crippen LogP contribution in [0, 0.1) is 17.1 Å². The van der Waals surface area contributed by atoms with Gasteiger partial charge in [-0.15, -0.1) is 0 Å². The summed E-state index contributed by atoms with van der Waals surface area (Å²) < 4.78 is 38.1. The van der Waals surface area contributed by atoms with Crippen LogP contribution >= 0.6 is 0 Å². The summed E-state index contributed by atoms with van der Waals surface area (Å²) in [5.41, 5.74) is 4.45. The number of benzene rings is 3. The molecule has 1 atom stereocenters. The number of methoxy groups -OCH3 is 1. The summed E-state index contributed by atoms with van der Waals surface area (Å²) in [6.45, 7) is 1.62. The van der Waals surface area contributed by atoms with Gasteiger partial charge in [0.05, 0.1) is 60.5 Å². The Morgan fingerprint density at radius 2 is 1.91 bits per heavy atom. The first-order chi connectivity index (χ1) is 22.4. The fourth-order valence-electron chi connectivity index (χ4n) is 5.28. The van der Waals surface area contributed by atoms with Gasteiger partial charge in [0.25, 0.3) is 0 Å². The van der Waals surface area contributed by atoms with E-state index in [1.165, 1.54) is 13.2 Å². The predicted octanol–water partition coefficient (Wildman–Crippen LogP) is 5.44. The van der Waals surface area contributed by atoms with Gasteiger partial charge in [-0.2, -0.15) is 5.26 Å². The molecule has 0 radical (unpaired) electrons. The molecule has 3 heterocycles. The highest BCUT2D eigenvalue weighted by atomic mass is 19.1. The Kier molecular flexibility index (Phi) is 9.08. The third kappa shape index (κ3) is 6.92. The minimum Gasteiger partial charge on any atom is -0.493 e. The van der Waals surface area contributed by atoms with E-state index in [0.717, 1.165) is 17.5 Å². The number of pyridine rings is 1. The van der Waals surface area contributed by atoms with E-state index in [9.17, 15) is 14.9 Å². The minimum atomic E-state index is -0.568. The minimum absolute atomic E-state index is 0.0383. The lowest BCUT2D eigenvalue weighted by molar-refractivity contribution is -0.115. The molecule has 46 heavy (non-hydrogen) atoms. The maximum Gasteiger partial charge on any atom is 0.337 e. The second-order valence-electron chi connectivity index (χ2n) is 10.9. The summed E-state index contributed by atoms with van der Waals surface area (Å²) in [6, 6.07) is 20.2. The van der Waals surface area contributed by atoms with Gasteiger partial charge in [-0.3, -0.25) is 4.79 Å². The number of nitrogens with one attached hydrogen (secondary N) is 2. The Balaban J connectivity index is 1.28. The fraction of sp³-hybridized carbons (Fsp3) is 0.257. The second-order valence-corrected chi connectivity index (χ2v) is 10.9. The van der Waals surface area contributed by atoms with Gasteiger partial charge >= 0.3 is 5.97 Å². The van der Waals surface area contributed by atoms with Gasteiger partial charge in [-0.1, -0.05) is 12.1 Å². The molecule has 3 aromatic carbocycles. The summed E-state index contributed by atoms with van der Waals surface area (Å²) in [4.78, 5) is 30.1. The maximum atomic E-state index is 15.6. The molecule has 2 N–H and O–H groups in total. The first-order valence-electron chi connectivity index (χ1n) is 14.8. The Hall–Kier alpha value is -5.47. The topological polar surface area (TPSA) is 132 Å². The van der Waals surface area contributed by atoms with Gasteiger partial charge in [0.15, 0.2) is 0 Å². The number of esters is 1. The molecule has 4 bridgehead atoms. The van der Waals surface area contributed by atoms with Crippen LogP contribution in [0.2, 0.25) is 0 Å². The smallest absolute Gasteiger partial charge is 0.337 e. The lowest BCUT2D eigenvalue weighted by Gasteiger charge is -2.27. The van der Waals surface area contributed by atoms with Crippen LogP contribution in [0.15, 0.2) is 66.7 Å². The first kappa shape index (κ1) is 30.6. The van der Waals surface area contributed by atoms with Crippen LogP contribution in [-0.2, 0) is 33.7 Å². The van der Waals surface area contributed by atoms with Gasteiger partial charge in [-0.05, 0) is 66.1 Å². The third-order valence-electron chi connectivity index (χ3n) is 7.87. The summed E-state index contributed by atoms with van der Waals surface area (Å²) in [6.07, 6.45) is 1.20. The van der Waals surface area contributed by atoms with E-state index in [0.29, 0.717) is 65.0 Å². The van der Waals surface area contributed by atoms with Gasteiger partial charge < -0.3 is 29.6 Å².